The van der Waals surface area contributed by atoms with Gasteiger partial charge in [0.05, 0.1) is 5.69 Å². The smallest absolute Gasteiger partial charge is 0.0568 e. The van der Waals surface area contributed by atoms with E-state index in [1.165, 1.54) is 10.8 Å². The van der Waals surface area contributed by atoms with Crippen LogP contribution in [0, 0.1) is 5.92 Å². The molecule has 2 rings (SSSR count). The summed E-state index contributed by atoms with van der Waals surface area (Å²) < 4.78 is 0. The molecule has 2 heteroatoms. The highest BCUT2D eigenvalue weighted by Gasteiger charge is 1.98. The molecule has 0 amide bonds. The molecule has 17 heavy (non-hydrogen) atoms. The summed E-state index contributed by atoms with van der Waals surface area (Å²) in [5.41, 5.74) is 5.25. The lowest BCUT2D eigenvalue weighted by atomic mass is 10.1. The molecule has 0 unspecified atom stereocenters. The SMILES string of the molecule is C/C(=N\Nc1ccc2ccccc2c1)C(C)C. The van der Waals surface area contributed by atoms with Crippen molar-refractivity contribution in [3.8, 4) is 0 Å². The van der Waals surface area contributed by atoms with Gasteiger partial charge in [0.2, 0.25) is 0 Å². The number of anilines is 1. The van der Waals surface area contributed by atoms with E-state index in [0.29, 0.717) is 5.92 Å². The van der Waals surface area contributed by atoms with Crippen LogP contribution in [-0.4, -0.2) is 5.71 Å². The number of fused-ring (bicyclic) bond motifs is 1. The minimum atomic E-state index is 0.475. The molecule has 0 saturated carbocycles. The van der Waals surface area contributed by atoms with Crippen LogP contribution in [-0.2, 0) is 0 Å². The molecule has 1 N–H and O–H groups in total. The molecule has 0 aromatic heterocycles. The molecule has 0 fully saturated rings. The van der Waals surface area contributed by atoms with Crippen molar-refractivity contribution in [3.05, 3.63) is 42.5 Å². The van der Waals surface area contributed by atoms with Gasteiger partial charge in [-0.05, 0) is 35.7 Å². The van der Waals surface area contributed by atoms with Crippen LogP contribution in [0.2, 0.25) is 0 Å². The van der Waals surface area contributed by atoms with Crippen LogP contribution in [0.1, 0.15) is 20.8 Å². The van der Waals surface area contributed by atoms with Gasteiger partial charge in [0.25, 0.3) is 0 Å². The van der Waals surface area contributed by atoms with Crippen molar-refractivity contribution < 1.29 is 0 Å². The molecule has 0 saturated heterocycles. The predicted molar refractivity (Wildman–Crippen MR) is 75.5 cm³/mol. The van der Waals surface area contributed by atoms with Crippen LogP contribution in [0.3, 0.4) is 0 Å². The molecule has 0 spiro atoms. The van der Waals surface area contributed by atoms with Gasteiger partial charge in [0.15, 0.2) is 0 Å². The monoisotopic (exact) mass is 226 g/mol. The predicted octanol–water partition coefficient (Wildman–Crippen LogP) is 4.28. The Labute approximate surface area is 102 Å². The Kier molecular flexibility index (Phi) is 3.43. The average Bonchev–Trinajstić information content (AvgIpc) is 2.35. The van der Waals surface area contributed by atoms with Gasteiger partial charge in [-0.3, -0.25) is 5.43 Å². The fraction of sp³-hybridized carbons (Fsp3) is 0.267. The van der Waals surface area contributed by atoms with Crippen LogP contribution in [0.25, 0.3) is 10.8 Å². The third-order valence-corrected chi connectivity index (χ3v) is 2.95. The number of rotatable bonds is 3. The third-order valence-electron chi connectivity index (χ3n) is 2.95. The molecule has 0 radical (unpaired) electrons. The first-order valence-electron chi connectivity index (χ1n) is 5.96. The quantitative estimate of drug-likeness (QED) is 0.613. The van der Waals surface area contributed by atoms with E-state index in [1.54, 1.807) is 0 Å². The summed E-state index contributed by atoms with van der Waals surface area (Å²) >= 11 is 0. The van der Waals surface area contributed by atoms with E-state index in [-0.39, 0.29) is 0 Å². The Balaban J connectivity index is 2.23. The number of nitrogens with zero attached hydrogens (tertiary/aromatic N) is 1. The molecule has 2 nitrogen and oxygen atoms in total. The fourth-order valence-electron chi connectivity index (χ4n) is 1.54. The van der Waals surface area contributed by atoms with Crippen LogP contribution >= 0.6 is 0 Å². The standard InChI is InChI=1S/C15H18N2/c1-11(2)12(3)16-17-15-9-8-13-6-4-5-7-14(13)10-15/h4-11,17H,1-3H3/b16-12+. The van der Waals surface area contributed by atoms with E-state index in [0.717, 1.165) is 11.4 Å². The maximum Gasteiger partial charge on any atom is 0.0568 e. The zero-order valence-corrected chi connectivity index (χ0v) is 10.6. The van der Waals surface area contributed by atoms with Crippen molar-refractivity contribution >= 4 is 22.2 Å². The summed E-state index contributed by atoms with van der Waals surface area (Å²) in [6, 6.07) is 14.6. The van der Waals surface area contributed by atoms with E-state index in [2.05, 4.69) is 66.8 Å². The van der Waals surface area contributed by atoms with Gasteiger partial charge in [0, 0.05) is 5.71 Å². The minimum Gasteiger partial charge on any atom is -0.279 e. The van der Waals surface area contributed by atoms with Gasteiger partial charge in [-0.1, -0.05) is 44.2 Å². The lowest BCUT2D eigenvalue weighted by Crippen LogP contribution is -2.04. The second-order valence-corrected chi connectivity index (χ2v) is 4.58. The van der Waals surface area contributed by atoms with Crippen molar-refractivity contribution in [2.24, 2.45) is 11.0 Å². The summed E-state index contributed by atoms with van der Waals surface area (Å²) in [5, 5.41) is 6.85. The number of hydrogen-bond donors (Lipinski definition) is 1. The van der Waals surface area contributed by atoms with Crippen molar-refractivity contribution in [1.82, 2.24) is 0 Å². The Bertz CT molecular complexity index is 541. The number of hydrazone groups is 1. The normalized spacial score (nSPS) is 12.1. The number of nitrogens with one attached hydrogen (secondary N) is 1. The maximum atomic E-state index is 4.37. The molecular formula is C15H18N2. The molecule has 0 aliphatic rings. The van der Waals surface area contributed by atoms with Gasteiger partial charge in [-0.2, -0.15) is 5.10 Å². The van der Waals surface area contributed by atoms with E-state index < -0.39 is 0 Å². The van der Waals surface area contributed by atoms with E-state index in [9.17, 15) is 0 Å². The number of hydrogen-bond acceptors (Lipinski definition) is 2. The van der Waals surface area contributed by atoms with Crippen molar-refractivity contribution in [2.75, 3.05) is 5.43 Å². The van der Waals surface area contributed by atoms with E-state index in [4.69, 9.17) is 0 Å². The van der Waals surface area contributed by atoms with Crippen molar-refractivity contribution in [2.45, 2.75) is 20.8 Å². The zero-order valence-electron chi connectivity index (χ0n) is 10.6. The molecule has 0 aliphatic heterocycles. The lowest BCUT2D eigenvalue weighted by Gasteiger charge is -2.06. The van der Waals surface area contributed by atoms with Gasteiger partial charge < -0.3 is 0 Å². The maximum absolute atomic E-state index is 4.37. The van der Waals surface area contributed by atoms with Crippen LogP contribution in [0.5, 0.6) is 0 Å². The Morgan fingerprint density at radius 1 is 1.06 bits per heavy atom. The second kappa shape index (κ2) is 5.00. The van der Waals surface area contributed by atoms with E-state index >= 15 is 0 Å². The fourth-order valence-corrected chi connectivity index (χ4v) is 1.54. The summed E-state index contributed by atoms with van der Waals surface area (Å²) in [5.74, 6) is 0.475. The first-order chi connectivity index (χ1) is 8.16. The minimum absolute atomic E-state index is 0.475. The highest BCUT2D eigenvalue weighted by molar-refractivity contribution is 5.87. The Morgan fingerprint density at radius 3 is 2.47 bits per heavy atom. The highest BCUT2D eigenvalue weighted by atomic mass is 15.3. The van der Waals surface area contributed by atoms with Gasteiger partial charge in [0.1, 0.15) is 0 Å². The Hall–Kier alpha value is -1.83. The van der Waals surface area contributed by atoms with Crippen molar-refractivity contribution in [3.63, 3.8) is 0 Å². The van der Waals surface area contributed by atoms with Crippen LogP contribution < -0.4 is 5.43 Å². The molecule has 2 aromatic carbocycles. The average molecular weight is 226 g/mol. The number of benzene rings is 2. The molecule has 0 aliphatic carbocycles. The summed E-state index contributed by atoms with van der Waals surface area (Å²) in [6.07, 6.45) is 0. The summed E-state index contributed by atoms with van der Waals surface area (Å²) in [6.45, 7) is 6.32. The first kappa shape index (κ1) is 11.6. The topological polar surface area (TPSA) is 24.4 Å². The summed E-state index contributed by atoms with van der Waals surface area (Å²) in [7, 11) is 0. The van der Waals surface area contributed by atoms with Crippen LogP contribution in [0.4, 0.5) is 5.69 Å². The molecule has 88 valence electrons. The van der Waals surface area contributed by atoms with Gasteiger partial charge >= 0.3 is 0 Å². The molecular weight excluding hydrogens is 208 g/mol. The largest absolute Gasteiger partial charge is 0.279 e. The highest BCUT2D eigenvalue weighted by Crippen LogP contribution is 2.18. The van der Waals surface area contributed by atoms with Gasteiger partial charge in [-0.25, -0.2) is 0 Å². The molecule has 0 bridgehead atoms. The zero-order chi connectivity index (χ0) is 12.3. The first-order valence-corrected chi connectivity index (χ1v) is 5.96. The Morgan fingerprint density at radius 2 is 1.76 bits per heavy atom. The van der Waals surface area contributed by atoms with E-state index in [1.807, 2.05) is 6.92 Å². The molecule has 2 aromatic rings. The van der Waals surface area contributed by atoms with Crippen LogP contribution in [0.15, 0.2) is 47.6 Å². The third kappa shape index (κ3) is 2.84. The molecule has 0 heterocycles. The second-order valence-electron chi connectivity index (χ2n) is 4.58. The lowest BCUT2D eigenvalue weighted by molar-refractivity contribution is 0.874. The summed E-state index contributed by atoms with van der Waals surface area (Å²) in [4.78, 5) is 0. The van der Waals surface area contributed by atoms with Gasteiger partial charge in [-0.15, -0.1) is 0 Å². The van der Waals surface area contributed by atoms with Crippen molar-refractivity contribution in [1.29, 1.82) is 0 Å². The molecule has 0 atom stereocenters.